The van der Waals surface area contributed by atoms with E-state index in [9.17, 15) is 26.4 Å². The zero-order chi connectivity index (χ0) is 19.2. The summed E-state index contributed by atoms with van der Waals surface area (Å²) in [6.45, 7) is 0. The zero-order valence-corrected chi connectivity index (χ0v) is 15.6. The Bertz CT molecular complexity index is 977. The summed E-state index contributed by atoms with van der Waals surface area (Å²) in [7, 11) is -5.50. The molecule has 0 aliphatic carbocycles. The van der Waals surface area contributed by atoms with Crippen LogP contribution in [0.25, 0.3) is 0 Å². The van der Waals surface area contributed by atoms with E-state index >= 15 is 0 Å². The van der Waals surface area contributed by atoms with Crippen molar-refractivity contribution in [1.82, 2.24) is 9.97 Å². The predicted molar refractivity (Wildman–Crippen MR) is 89.0 cm³/mol. The number of H-pyrrole nitrogens is 1. The molecule has 0 radical (unpaired) electrons. The summed E-state index contributed by atoms with van der Waals surface area (Å²) >= 11 is 14.2. The fourth-order valence-electron chi connectivity index (χ4n) is 2.28. The van der Waals surface area contributed by atoms with E-state index in [0.717, 1.165) is 12.3 Å². The topological polar surface area (TPSA) is 106 Å². The van der Waals surface area contributed by atoms with Gasteiger partial charge in [0.05, 0.1) is 6.20 Å². The number of nitrogens with zero attached hydrogens (tertiary/aromatic N) is 1. The summed E-state index contributed by atoms with van der Waals surface area (Å²) in [5, 5.41) is 4.37. The van der Waals surface area contributed by atoms with Gasteiger partial charge in [-0.05, 0) is 39.7 Å². The fourth-order valence-corrected chi connectivity index (χ4v) is 4.27. The second kappa shape index (κ2) is 6.54. The predicted octanol–water partition coefficient (Wildman–Crippen LogP) is 2.93. The van der Waals surface area contributed by atoms with Gasteiger partial charge in [-0.25, -0.2) is 13.6 Å². The van der Waals surface area contributed by atoms with E-state index in [4.69, 9.17) is 28.3 Å². The van der Waals surface area contributed by atoms with Gasteiger partial charge in [-0.3, -0.25) is 9.78 Å². The van der Waals surface area contributed by atoms with Crippen molar-refractivity contribution in [3.05, 3.63) is 60.7 Å². The molecule has 25 heavy (non-hydrogen) atoms. The minimum Gasteiger partial charge on any atom is -0.314 e. The SMILES string of the molecule is NS(=O)(=O)C(c1cc(Cl)cc(Cl)c1)(c1ncc(Br)[nH]c1=O)C(F)(F)F. The molecule has 136 valence electrons. The third-order valence-corrected chi connectivity index (χ3v) is 5.54. The van der Waals surface area contributed by atoms with Crippen molar-refractivity contribution in [3.63, 3.8) is 0 Å². The third-order valence-electron chi connectivity index (χ3n) is 3.18. The van der Waals surface area contributed by atoms with Gasteiger partial charge in [-0.2, -0.15) is 13.2 Å². The van der Waals surface area contributed by atoms with Crippen molar-refractivity contribution >= 4 is 49.2 Å². The maximum Gasteiger partial charge on any atom is 0.419 e. The van der Waals surface area contributed by atoms with Gasteiger partial charge in [0.2, 0.25) is 10.0 Å². The smallest absolute Gasteiger partial charge is 0.314 e. The van der Waals surface area contributed by atoms with Crippen LogP contribution < -0.4 is 10.7 Å². The number of nitrogens with one attached hydrogen (secondary N) is 1. The van der Waals surface area contributed by atoms with Crippen molar-refractivity contribution in [2.24, 2.45) is 5.14 Å². The molecule has 0 aliphatic rings. The van der Waals surface area contributed by atoms with E-state index in [-0.39, 0.29) is 14.6 Å². The summed E-state index contributed by atoms with van der Waals surface area (Å²) in [6, 6.07) is 2.50. The fraction of sp³-hybridized carbons (Fsp3) is 0.167. The Morgan fingerprint density at radius 3 is 2.08 bits per heavy atom. The van der Waals surface area contributed by atoms with Gasteiger partial charge in [-0.15, -0.1) is 0 Å². The van der Waals surface area contributed by atoms with Crippen LogP contribution in [0, 0.1) is 0 Å². The Morgan fingerprint density at radius 2 is 1.68 bits per heavy atom. The lowest BCUT2D eigenvalue weighted by molar-refractivity contribution is -0.155. The molecule has 0 saturated heterocycles. The normalized spacial score (nSPS) is 15.0. The van der Waals surface area contributed by atoms with Crippen LogP contribution >= 0.6 is 39.1 Å². The monoisotopic (exact) mass is 479 g/mol. The first-order valence-electron chi connectivity index (χ1n) is 6.11. The minimum absolute atomic E-state index is 0.0594. The van der Waals surface area contributed by atoms with Crippen LogP contribution in [0.1, 0.15) is 11.3 Å². The molecule has 3 N–H and O–H groups in total. The van der Waals surface area contributed by atoms with Crippen LogP contribution in [0.15, 0.2) is 33.8 Å². The number of hydrogen-bond acceptors (Lipinski definition) is 4. The Morgan fingerprint density at radius 1 is 1.16 bits per heavy atom. The molecule has 0 amide bonds. The van der Waals surface area contributed by atoms with Gasteiger partial charge in [0.25, 0.3) is 10.3 Å². The van der Waals surface area contributed by atoms with Crippen LogP contribution in [0.5, 0.6) is 0 Å². The molecule has 13 heteroatoms. The number of benzene rings is 1. The number of alkyl halides is 3. The summed E-state index contributed by atoms with van der Waals surface area (Å²) in [4.78, 5) is 17.5. The van der Waals surface area contributed by atoms with Gasteiger partial charge >= 0.3 is 6.18 Å². The molecule has 1 unspecified atom stereocenters. The molecule has 6 nitrogen and oxygen atoms in total. The average molecular weight is 481 g/mol. The van der Waals surface area contributed by atoms with Crippen LogP contribution in [0.4, 0.5) is 13.2 Å². The highest BCUT2D eigenvalue weighted by atomic mass is 79.9. The van der Waals surface area contributed by atoms with Crippen molar-refractivity contribution in [2.75, 3.05) is 0 Å². The Balaban J connectivity index is 3.11. The van der Waals surface area contributed by atoms with Gasteiger partial charge in [0.15, 0.2) is 0 Å². The first kappa shape index (κ1) is 20.2. The molecular formula is C12H7BrCl2F3N3O3S. The van der Waals surface area contributed by atoms with E-state index in [2.05, 4.69) is 20.9 Å². The number of aromatic nitrogens is 2. The lowest BCUT2D eigenvalue weighted by atomic mass is 9.93. The maximum absolute atomic E-state index is 14.0. The Labute approximate surface area is 157 Å². The van der Waals surface area contributed by atoms with E-state index in [1.807, 2.05) is 4.98 Å². The highest BCUT2D eigenvalue weighted by molar-refractivity contribution is 9.10. The van der Waals surface area contributed by atoms with Crippen molar-refractivity contribution in [1.29, 1.82) is 0 Å². The van der Waals surface area contributed by atoms with Gasteiger partial charge in [0.1, 0.15) is 10.3 Å². The van der Waals surface area contributed by atoms with Gasteiger partial charge in [-0.1, -0.05) is 23.2 Å². The highest BCUT2D eigenvalue weighted by Gasteiger charge is 2.67. The highest BCUT2D eigenvalue weighted by Crippen LogP contribution is 2.48. The molecule has 0 bridgehead atoms. The zero-order valence-electron chi connectivity index (χ0n) is 11.7. The molecule has 0 aliphatic heterocycles. The lowest BCUT2D eigenvalue weighted by Gasteiger charge is -2.32. The molecule has 1 aromatic heterocycles. The second-order valence-corrected chi connectivity index (χ2v) is 8.22. The average Bonchev–Trinajstić information content (AvgIpc) is 2.37. The first-order chi connectivity index (χ1) is 11.3. The van der Waals surface area contributed by atoms with Crippen molar-refractivity contribution < 1.29 is 21.6 Å². The summed E-state index contributed by atoms with van der Waals surface area (Å²) in [5.74, 6) is 0. The molecule has 1 atom stereocenters. The quantitative estimate of drug-likeness (QED) is 0.704. The van der Waals surface area contributed by atoms with Crippen molar-refractivity contribution in [3.8, 4) is 0 Å². The number of rotatable bonds is 3. The lowest BCUT2D eigenvalue weighted by Crippen LogP contribution is -2.56. The molecule has 0 spiro atoms. The van der Waals surface area contributed by atoms with Crippen LogP contribution in [0.3, 0.4) is 0 Å². The van der Waals surface area contributed by atoms with Crippen LogP contribution in [0.2, 0.25) is 10.0 Å². The number of nitrogens with two attached hydrogens (primary N) is 1. The van der Waals surface area contributed by atoms with Gasteiger partial charge < -0.3 is 4.98 Å². The largest absolute Gasteiger partial charge is 0.419 e. The molecule has 2 aromatic rings. The number of sulfonamides is 1. The van der Waals surface area contributed by atoms with Crippen LogP contribution in [-0.2, 0) is 14.8 Å². The summed E-state index contributed by atoms with van der Waals surface area (Å²) in [5.41, 5.74) is -3.75. The van der Waals surface area contributed by atoms with E-state index < -0.39 is 37.8 Å². The maximum atomic E-state index is 14.0. The van der Waals surface area contributed by atoms with E-state index in [1.54, 1.807) is 0 Å². The second-order valence-electron chi connectivity index (χ2n) is 4.79. The Hall–Kier alpha value is -1.14. The standard InChI is InChI=1S/C12H7BrCl2F3N3O3S/c13-8-4-20-9(10(22)21-8)11(12(16,17)18,25(19,23)24)5-1-6(14)3-7(15)2-5/h1-4H,(H,21,22)(H2,19,23,24). The first-order valence-corrected chi connectivity index (χ1v) is 9.21. The molecule has 1 aromatic carbocycles. The molecule has 2 rings (SSSR count). The summed E-state index contributed by atoms with van der Waals surface area (Å²) < 4.78 is 62.3. The van der Waals surface area contributed by atoms with E-state index in [0.29, 0.717) is 12.1 Å². The molecular weight excluding hydrogens is 474 g/mol. The summed E-state index contributed by atoms with van der Waals surface area (Å²) in [6.07, 6.45) is -4.75. The Kier molecular flexibility index (Phi) is 5.28. The van der Waals surface area contributed by atoms with Gasteiger partial charge in [0, 0.05) is 10.0 Å². The molecule has 0 fully saturated rings. The van der Waals surface area contributed by atoms with Crippen LogP contribution in [-0.4, -0.2) is 24.6 Å². The van der Waals surface area contributed by atoms with E-state index in [1.165, 1.54) is 0 Å². The number of aromatic amines is 1. The van der Waals surface area contributed by atoms with Crippen molar-refractivity contribution in [2.45, 2.75) is 10.9 Å². The molecule has 0 saturated carbocycles. The minimum atomic E-state index is -5.55. The number of halogens is 6. The third kappa shape index (κ3) is 3.43. The molecule has 1 heterocycles. The number of primary sulfonamides is 1. The number of hydrogen-bond donors (Lipinski definition) is 2.